The van der Waals surface area contributed by atoms with Crippen molar-refractivity contribution in [1.82, 2.24) is 20.0 Å². The summed E-state index contributed by atoms with van der Waals surface area (Å²) in [6.07, 6.45) is 4.66. The summed E-state index contributed by atoms with van der Waals surface area (Å²) in [5, 5.41) is 7.92. The average molecular weight is 369 g/mol. The van der Waals surface area contributed by atoms with Crippen molar-refractivity contribution >= 4 is 5.91 Å². The molecule has 1 amide bonds. The third-order valence-corrected chi connectivity index (χ3v) is 5.66. The smallest absolute Gasteiger partial charge is 0.234 e. The molecule has 1 aliphatic carbocycles. The molecule has 1 aromatic carbocycles. The van der Waals surface area contributed by atoms with E-state index in [1.54, 1.807) is 0 Å². The number of hydrogen-bond acceptors (Lipinski definition) is 3. The Morgan fingerprint density at radius 1 is 1.19 bits per heavy atom. The van der Waals surface area contributed by atoms with Gasteiger partial charge in [-0.05, 0) is 64.6 Å². The van der Waals surface area contributed by atoms with Crippen LogP contribution in [-0.2, 0) is 11.3 Å². The first-order valence-corrected chi connectivity index (χ1v) is 10.0. The average Bonchev–Trinajstić information content (AvgIpc) is 2.92. The Hall–Kier alpha value is -2.14. The molecule has 1 fully saturated rings. The summed E-state index contributed by atoms with van der Waals surface area (Å²) in [6.45, 7) is 7.57. The molecule has 3 rings (SSSR count). The number of carbonyl (C=O) groups excluding carboxylic acids is 1. The second-order valence-electron chi connectivity index (χ2n) is 8.09. The number of nitrogens with zero attached hydrogens (tertiary/aromatic N) is 3. The van der Waals surface area contributed by atoms with E-state index in [0.29, 0.717) is 12.6 Å². The van der Waals surface area contributed by atoms with Crippen LogP contribution in [0.15, 0.2) is 30.3 Å². The fraction of sp³-hybridized carbons (Fsp3) is 0.545. The molecular formula is C22H32N4O. The van der Waals surface area contributed by atoms with Crippen LogP contribution in [0.3, 0.4) is 0 Å². The van der Waals surface area contributed by atoms with Crippen LogP contribution >= 0.6 is 0 Å². The van der Waals surface area contributed by atoms with E-state index in [0.717, 1.165) is 42.4 Å². The molecule has 5 heteroatoms. The lowest BCUT2D eigenvalue weighted by molar-refractivity contribution is -0.123. The van der Waals surface area contributed by atoms with Crippen molar-refractivity contribution in [2.75, 3.05) is 13.6 Å². The Labute approximate surface area is 162 Å². The molecule has 1 saturated carbocycles. The summed E-state index contributed by atoms with van der Waals surface area (Å²) in [6, 6.07) is 10.5. The minimum Gasteiger partial charge on any atom is -0.352 e. The van der Waals surface area contributed by atoms with Gasteiger partial charge in [-0.2, -0.15) is 5.10 Å². The molecule has 0 bridgehead atoms. The van der Waals surface area contributed by atoms with E-state index < -0.39 is 0 Å². The fourth-order valence-corrected chi connectivity index (χ4v) is 3.97. The molecule has 0 spiro atoms. The van der Waals surface area contributed by atoms with Gasteiger partial charge in [-0.15, -0.1) is 0 Å². The molecule has 1 N–H and O–H groups in total. The highest BCUT2D eigenvalue weighted by atomic mass is 16.2. The maximum atomic E-state index is 12.4. The number of benzene rings is 1. The minimum absolute atomic E-state index is 0.128. The van der Waals surface area contributed by atoms with Crippen molar-refractivity contribution in [3.63, 3.8) is 0 Å². The second kappa shape index (κ2) is 8.70. The van der Waals surface area contributed by atoms with Crippen LogP contribution in [0, 0.1) is 19.8 Å². The van der Waals surface area contributed by atoms with E-state index in [-0.39, 0.29) is 5.91 Å². The van der Waals surface area contributed by atoms with Gasteiger partial charge in [0.15, 0.2) is 0 Å². The third-order valence-electron chi connectivity index (χ3n) is 5.66. The van der Waals surface area contributed by atoms with Gasteiger partial charge in [0.1, 0.15) is 0 Å². The van der Waals surface area contributed by atoms with Gasteiger partial charge in [0, 0.05) is 23.8 Å². The first kappa shape index (κ1) is 19.6. The molecule has 1 aliphatic rings. The zero-order chi connectivity index (χ0) is 19.4. The van der Waals surface area contributed by atoms with Crippen molar-refractivity contribution in [1.29, 1.82) is 0 Å². The summed E-state index contributed by atoms with van der Waals surface area (Å²) < 4.78 is 1.99. The zero-order valence-electron chi connectivity index (χ0n) is 17.0. The van der Waals surface area contributed by atoms with E-state index >= 15 is 0 Å². The molecule has 27 heavy (non-hydrogen) atoms. The highest BCUT2D eigenvalue weighted by molar-refractivity contribution is 5.78. The molecule has 146 valence electrons. The Balaban J connectivity index is 1.58. The van der Waals surface area contributed by atoms with E-state index in [4.69, 9.17) is 5.10 Å². The van der Waals surface area contributed by atoms with Gasteiger partial charge in [0.25, 0.3) is 0 Å². The maximum Gasteiger partial charge on any atom is 0.234 e. The SMILES string of the molecule is Cc1nn(-c2ccccc2)c(C)c1CN(C)CC(=O)NC1CCC(C)CC1. The molecule has 5 nitrogen and oxygen atoms in total. The van der Waals surface area contributed by atoms with E-state index in [2.05, 4.69) is 36.2 Å². The number of aromatic nitrogens is 2. The van der Waals surface area contributed by atoms with Crippen molar-refractivity contribution in [3.05, 3.63) is 47.3 Å². The van der Waals surface area contributed by atoms with Crippen LogP contribution in [0.2, 0.25) is 0 Å². The van der Waals surface area contributed by atoms with Crippen LogP contribution < -0.4 is 5.32 Å². The Kier molecular flexibility index (Phi) is 6.32. The van der Waals surface area contributed by atoms with Crippen molar-refractivity contribution < 1.29 is 4.79 Å². The Bertz CT molecular complexity index is 760. The third kappa shape index (κ3) is 4.98. The quantitative estimate of drug-likeness (QED) is 0.847. The summed E-state index contributed by atoms with van der Waals surface area (Å²) in [4.78, 5) is 14.5. The summed E-state index contributed by atoms with van der Waals surface area (Å²) in [7, 11) is 2.00. The first-order chi connectivity index (χ1) is 12.9. The van der Waals surface area contributed by atoms with Gasteiger partial charge in [-0.25, -0.2) is 4.68 Å². The normalized spacial score (nSPS) is 20.0. The van der Waals surface area contributed by atoms with Gasteiger partial charge in [-0.3, -0.25) is 9.69 Å². The lowest BCUT2D eigenvalue weighted by Gasteiger charge is -2.27. The highest BCUT2D eigenvalue weighted by Gasteiger charge is 2.21. The van der Waals surface area contributed by atoms with Crippen LogP contribution in [0.5, 0.6) is 0 Å². The fourth-order valence-electron chi connectivity index (χ4n) is 3.97. The van der Waals surface area contributed by atoms with Gasteiger partial charge in [0.2, 0.25) is 5.91 Å². The predicted molar refractivity (Wildman–Crippen MR) is 109 cm³/mol. The summed E-state index contributed by atoms with van der Waals surface area (Å²) in [5.74, 6) is 0.927. The van der Waals surface area contributed by atoms with Crippen LogP contribution in [0.4, 0.5) is 0 Å². The first-order valence-electron chi connectivity index (χ1n) is 10.0. The van der Waals surface area contributed by atoms with Gasteiger partial charge in [-0.1, -0.05) is 25.1 Å². The summed E-state index contributed by atoms with van der Waals surface area (Å²) in [5.41, 5.74) is 4.41. The molecule has 0 radical (unpaired) electrons. The van der Waals surface area contributed by atoms with Crippen molar-refractivity contribution in [3.8, 4) is 5.69 Å². The lowest BCUT2D eigenvalue weighted by Crippen LogP contribution is -2.42. The molecule has 1 heterocycles. The van der Waals surface area contributed by atoms with Gasteiger partial charge >= 0.3 is 0 Å². The van der Waals surface area contributed by atoms with Gasteiger partial charge in [0.05, 0.1) is 17.9 Å². The topological polar surface area (TPSA) is 50.2 Å². The number of hydrogen-bond donors (Lipinski definition) is 1. The number of para-hydroxylation sites is 1. The molecule has 0 saturated heterocycles. The van der Waals surface area contributed by atoms with Crippen LogP contribution in [0.1, 0.15) is 49.6 Å². The maximum absolute atomic E-state index is 12.4. The number of carbonyl (C=O) groups is 1. The number of amides is 1. The molecule has 2 aromatic rings. The summed E-state index contributed by atoms with van der Waals surface area (Å²) >= 11 is 0. The van der Waals surface area contributed by atoms with Crippen molar-refractivity contribution in [2.45, 2.75) is 59.0 Å². The Morgan fingerprint density at radius 2 is 1.85 bits per heavy atom. The number of aryl methyl sites for hydroxylation is 1. The zero-order valence-corrected chi connectivity index (χ0v) is 17.0. The van der Waals surface area contributed by atoms with Crippen molar-refractivity contribution in [2.24, 2.45) is 5.92 Å². The van der Waals surface area contributed by atoms with Gasteiger partial charge < -0.3 is 5.32 Å². The number of rotatable bonds is 6. The molecule has 1 aromatic heterocycles. The molecule has 0 atom stereocenters. The molecular weight excluding hydrogens is 336 g/mol. The molecule has 0 aliphatic heterocycles. The monoisotopic (exact) mass is 368 g/mol. The highest BCUT2D eigenvalue weighted by Crippen LogP contribution is 2.23. The minimum atomic E-state index is 0.128. The van der Waals surface area contributed by atoms with E-state index in [9.17, 15) is 4.79 Å². The van der Waals surface area contributed by atoms with E-state index in [1.807, 2.05) is 36.9 Å². The second-order valence-corrected chi connectivity index (χ2v) is 8.09. The largest absolute Gasteiger partial charge is 0.352 e. The Morgan fingerprint density at radius 3 is 2.52 bits per heavy atom. The molecule has 0 unspecified atom stereocenters. The van der Waals surface area contributed by atoms with Crippen LogP contribution in [0.25, 0.3) is 5.69 Å². The standard InChI is InChI=1S/C22H32N4O/c1-16-10-12-19(13-11-16)23-22(27)15-25(4)14-21-17(2)24-26(18(21)3)20-8-6-5-7-9-20/h5-9,16,19H,10-15H2,1-4H3,(H,23,27). The number of nitrogens with one attached hydrogen (secondary N) is 1. The van der Waals surface area contributed by atoms with Crippen LogP contribution in [-0.4, -0.2) is 40.2 Å². The van der Waals surface area contributed by atoms with E-state index in [1.165, 1.54) is 18.4 Å². The number of likely N-dealkylation sites (N-methyl/N-ethyl adjacent to an activating group) is 1. The predicted octanol–water partition coefficient (Wildman–Crippen LogP) is 3.62. The lowest BCUT2D eigenvalue weighted by atomic mass is 9.87.